The molecule has 5 heteroatoms. The van der Waals surface area contributed by atoms with Crippen LogP contribution in [0.5, 0.6) is 0 Å². The van der Waals surface area contributed by atoms with E-state index in [0.717, 1.165) is 23.1 Å². The van der Waals surface area contributed by atoms with Gasteiger partial charge in [-0.25, -0.2) is 0 Å². The molecule has 4 nitrogen and oxygen atoms in total. The van der Waals surface area contributed by atoms with Crippen molar-refractivity contribution < 1.29 is 9.59 Å². The van der Waals surface area contributed by atoms with E-state index in [-0.39, 0.29) is 17.7 Å². The molecule has 28 heavy (non-hydrogen) atoms. The van der Waals surface area contributed by atoms with Crippen LogP contribution in [0.25, 0.3) is 0 Å². The standard InChI is InChI=1S/C23H27ClN2O2/c1-16(2)13-22(27)26-15-19-6-4-3-5-18(19)14-21(26)23(28)25-12-11-17-7-9-20(24)10-8-17/h3-10,16,21H,11-15H2,1-2H3,(H,25,28). The van der Waals surface area contributed by atoms with Crippen LogP contribution in [0.15, 0.2) is 48.5 Å². The average Bonchev–Trinajstić information content (AvgIpc) is 2.68. The summed E-state index contributed by atoms with van der Waals surface area (Å²) in [5, 5.41) is 3.72. The molecule has 2 amide bonds. The zero-order valence-corrected chi connectivity index (χ0v) is 17.2. The molecule has 0 radical (unpaired) electrons. The molecular formula is C23H27ClN2O2. The lowest BCUT2D eigenvalue weighted by molar-refractivity contribution is -0.142. The van der Waals surface area contributed by atoms with Crippen molar-refractivity contribution in [2.24, 2.45) is 5.92 Å². The molecule has 3 rings (SSSR count). The van der Waals surface area contributed by atoms with Gasteiger partial charge in [0.05, 0.1) is 0 Å². The third-order valence-corrected chi connectivity index (χ3v) is 5.33. The number of benzene rings is 2. The quantitative estimate of drug-likeness (QED) is 0.799. The highest BCUT2D eigenvalue weighted by Gasteiger charge is 2.34. The Morgan fingerprint density at radius 2 is 1.79 bits per heavy atom. The van der Waals surface area contributed by atoms with Crippen LogP contribution >= 0.6 is 11.6 Å². The summed E-state index contributed by atoms with van der Waals surface area (Å²) < 4.78 is 0. The van der Waals surface area contributed by atoms with Crippen LogP contribution in [-0.4, -0.2) is 29.3 Å². The zero-order valence-electron chi connectivity index (χ0n) is 16.5. The number of nitrogens with one attached hydrogen (secondary N) is 1. The van der Waals surface area contributed by atoms with Crippen molar-refractivity contribution in [3.8, 4) is 0 Å². The number of rotatable bonds is 6. The molecule has 1 N–H and O–H groups in total. The second-order valence-corrected chi connectivity index (χ2v) is 8.21. The Bertz CT molecular complexity index is 833. The normalized spacial score (nSPS) is 16.0. The number of hydrogen-bond acceptors (Lipinski definition) is 2. The Kier molecular flexibility index (Phi) is 6.74. The van der Waals surface area contributed by atoms with E-state index in [1.165, 1.54) is 0 Å². The molecule has 1 heterocycles. The topological polar surface area (TPSA) is 49.4 Å². The lowest BCUT2D eigenvalue weighted by Gasteiger charge is -2.36. The fourth-order valence-electron chi connectivity index (χ4n) is 3.58. The van der Waals surface area contributed by atoms with Gasteiger partial charge in [-0.3, -0.25) is 9.59 Å². The van der Waals surface area contributed by atoms with Gasteiger partial charge in [0.25, 0.3) is 0 Å². The van der Waals surface area contributed by atoms with Crippen LogP contribution in [0.4, 0.5) is 0 Å². The van der Waals surface area contributed by atoms with Gasteiger partial charge in [0.2, 0.25) is 11.8 Å². The maximum absolute atomic E-state index is 12.9. The predicted molar refractivity (Wildman–Crippen MR) is 112 cm³/mol. The van der Waals surface area contributed by atoms with E-state index < -0.39 is 6.04 Å². The van der Waals surface area contributed by atoms with Crippen molar-refractivity contribution >= 4 is 23.4 Å². The first-order valence-electron chi connectivity index (χ1n) is 9.82. The molecule has 1 unspecified atom stereocenters. The van der Waals surface area contributed by atoms with Crippen molar-refractivity contribution in [1.82, 2.24) is 10.2 Å². The number of carbonyl (C=O) groups is 2. The third-order valence-electron chi connectivity index (χ3n) is 5.08. The Morgan fingerprint density at radius 3 is 2.46 bits per heavy atom. The van der Waals surface area contributed by atoms with Crippen LogP contribution in [0.3, 0.4) is 0 Å². The van der Waals surface area contributed by atoms with Gasteiger partial charge in [0.1, 0.15) is 6.04 Å². The van der Waals surface area contributed by atoms with E-state index in [4.69, 9.17) is 11.6 Å². The second-order valence-electron chi connectivity index (χ2n) is 7.78. The first-order valence-corrected chi connectivity index (χ1v) is 10.2. The van der Waals surface area contributed by atoms with Crippen LogP contribution in [0, 0.1) is 5.92 Å². The molecular weight excluding hydrogens is 372 g/mol. The first kappa shape index (κ1) is 20.4. The van der Waals surface area contributed by atoms with E-state index >= 15 is 0 Å². The van der Waals surface area contributed by atoms with Crippen LogP contribution in [0.2, 0.25) is 5.02 Å². The zero-order chi connectivity index (χ0) is 20.1. The number of halogens is 1. The summed E-state index contributed by atoms with van der Waals surface area (Å²) >= 11 is 5.91. The molecule has 0 aromatic heterocycles. The van der Waals surface area contributed by atoms with E-state index in [0.29, 0.717) is 31.0 Å². The largest absolute Gasteiger partial charge is 0.354 e. The molecule has 1 atom stereocenters. The minimum atomic E-state index is -0.452. The van der Waals surface area contributed by atoms with Crippen molar-refractivity contribution in [3.05, 3.63) is 70.2 Å². The Balaban J connectivity index is 1.67. The molecule has 148 valence electrons. The fourth-order valence-corrected chi connectivity index (χ4v) is 3.71. The minimum absolute atomic E-state index is 0.0438. The molecule has 0 fully saturated rings. The summed E-state index contributed by atoms with van der Waals surface area (Å²) in [7, 11) is 0. The van der Waals surface area contributed by atoms with Gasteiger partial charge >= 0.3 is 0 Å². The Morgan fingerprint density at radius 1 is 1.11 bits per heavy atom. The van der Waals surface area contributed by atoms with Gasteiger partial charge in [-0.1, -0.05) is 61.8 Å². The summed E-state index contributed by atoms with van der Waals surface area (Å²) in [6.45, 7) is 5.08. The van der Waals surface area contributed by atoms with Gasteiger partial charge in [-0.05, 0) is 41.2 Å². The number of fused-ring (bicyclic) bond motifs is 1. The molecule has 1 aliphatic heterocycles. The lowest BCUT2D eigenvalue weighted by atomic mass is 9.92. The maximum Gasteiger partial charge on any atom is 0.243 e. The van der Waals surface area contributed by atoms with E-state index in [1.54, 1.807) is 4.90 Å². The molecule has 2 aromatic rings. The third kappa shape index (κ3) is 5.14. The van der Waals surface area contributed by atoms with Crippen LogP contribution in [0.1, 0.15) is 37.0 Å². The Hall–Kier alpha value is -2.33. The van der Waals surface area contributed by atoms with Gasteiger partial charge in [-0.2, -0.15) is 0 Å². The lowest BCUT2D eigenvalue weighted by Crippen LogP contribution is -2.53. The summed E-state index contributed by atoms with van der Waals surface area (Å²) in [6, 6.07) is 15.2. The average molecular weight is 399 g/mol. The monoisotopic (exact) mass is 398 g/mol. The number of hydrogen-bond donors (Lipinski definition) is 1. The summed E-state index contributed by atoms with van der Waals surface area (Å²) in [5.41, 5.74) is 3.39. The molecule has 1 aliphatic rings. The van der Waals surface area contributed by atoms with Crippen molar-refractivity contribution in [2.75, 3.05) is 6.54 Å². The Labute approximate surface area is 171 Å². The second kappa shape index (κ2) is 9.24. The highest BCUT2D eigenvalue weighted by atomic mass is 35.5. The van der Waals surface area contributed by atoms with Crippen LogP contribution in [-0.2, 0) is 29.0 Å². The number of nitrogens with zero attached hydrogens (tertiary/aromatic N) is 1. The highest BCUT2D eigenvalue weighted by molar-refractivity contribution is 6.30. The van der Waals surface area contributed by atoms with Crippen molar-refractivity contribution in [1.29, 1.82) is 0 Å². The summed E-state index contributed by atoms with van der Waals surface area (Å²) in [6.07, 6.45) is 1.75. The van der Waals surface area contributed by atoms with E-state index in [1.807, 2.05) is 62.4 Å². The summed E-state index contributed by atoms with van der Waals surface area (Å²) in [5.74, 6) is 0.223. The van der Waals surface area contributed by atoms with Crippen molar-refractivity contribution in [3.63, 3.8) is 0 Å². The van der Waals surface area contributed by atoms with Crippen LogP contribution < -0.4 is 5.32 Å². The fraction of sp³-hybridized carbons (Fsp3) is 0.391. The molecule has 0 spiro atoms. The maximum atomic E-state index is 12.9. The molecule has 2 aromatic carbocycles. The van der Waals surface area contributed by atoms with Crippen molar-refractivity contribution in [2.45, 2.75) is 45.7 Å². The molecule has 0 saturated carbocycles. The highest BCUT2D eigenvalue weighted by Crippen LogP contribution is 2.25. The predicted octanol–water partition coefficient (Wildman–Crippen LogP) is 4.00. The van der Waals surface area contributed by atoms with Gasteiger partial charge in [0.15, 0.2) is 0 Å². The molecule has 0 saturated heterocycles. The van der Waals surface area contributed by atoms with Gasteiger partial charge < -0.3 is 10.2 Å². The van der Waals surface area contributed by atoms with Gasteiger partial charge in [-0.15, -0.1) is 0 Å². The molecule has 0 aliphatic carbocycles. The number of amides is 2. The van der Waals surface area contributed by atoms with E-state index in [9.17, 15) is 9.59 Å². The molecule has 0 bridgehead atoms. The number of carbonyl (C=O) groups excluding carboxylic acids is 2. The first-order chi connectivity index (χ1) is 13.4. The summed E-state index contributed by atoms with van der Waals surface area (Å²) in [4.78, 5) is 27.5. The minimum Gasteiger partial charge on any atom is -0.354 e. The SMILES string of the molecule is CC(C)CC(=O)N1Cc2ccccc2CC1C(=O)NCCc1ccc(Cl)cc1. The van der Waals surface area contributed by atoms with E-state index in [2.05, 4.69) is 5.32 Å². The smallest absolute Gasteiger partial charge is 0.243 e. The van der Waals surface area contributed by atoms with Gasteiger partial charge in [0, 0.05) is 31.0 Å².